The van der Waals surface area contributed by atoms with E-state index in [9.17, 15) is 0 Å². The Balaban J connectivity index is 0.734. The van der Waals surface area contributed by atoms with Crippen molar-refractivity contribution in [3.05, 3.63) is 313 Å². The highest BCUT2D eigenvalue weighted by atomic mass is 15.1. The molecule has 3 aromatic heterocycles. The zero-order valence-corrected chi connectivity index (χ0v) is 49.5. The molecule has 13 aromatic carbocycles. The number of nitrogens with zero attached hydrogens (tertiary/aromatic N) is 4. The first kappa shape index (κ1) is 50.4. The number of benzene rings is 13. The van der Waals surface area contributed by atoms with Gasteiger partial charge >= 0.3 is 0 Å². The summed E-state index contributed by atoms with van der Waals surface area (Å²) in [6.45, 7) is 9.65. The molecule has 0 N–H and O–H groups in total. The minimum atomic E-state index is -0.281. The molecule has 4 heteroatoms. The van der Waals surface area contributed by atoms with Gasteiger partial charge in [0.15, 0.2) is 0 Å². The molecule has 0 amide bonds. The monoisotopic (exact) mass is 1120 g/mol. The molecule has 2 aliphatic carbocycles. The van der Waals surface area contributed by atoms with Crippen molar-refractivity contribution in [3.63, 3.8) is 0 Å². The van der Waals surface area contributed by atoms with Gasteiger partial charge in [0.2, 0.25) is 0 Å². The molecule has 4 nitrogen and oxygen atoms in total. The molecule has 0 radical (unpaired) electrons. The molecule has 0 aliphatic heterocycles. The van der Waals surface area contributed by atoms with Gasteiger partial charge in [-0.25, -0.2) is 0 Å². The van der Waals surface area contributed by atoms with Crippen LogP contribution in [0.4, 0.5) is 17.1 Å². The lowest BCUT2D eigenvalue weighted by atomic mass is 9.81. The largest absolute Gasteiger partial charge is 0.310 e. The van der Waals surface area contributed by atoms with Gasteiger partial charge in [-0.3, -0.25) is 0 Å². The third-order valence-corrected chi connectivity index (χ3v) is 19.8. The Bertz CT molecular complexity index is 5450. The van der Waals surface area contributed by atoms with Crippen LogP contribution in [-0.4, -0.2) is 13.7 Å². The molecule has 3 heterocycles. The fourth-order valence-electron chi connectivity index (χ4n) is 15.5. The number of hydrogen-bond donors (Lipinski definition) is 0. The summed E-state index contributed by atoms with van der Waals surface area (Å²) in [5.41, 5.74) is 28.9. The standard InChI is InChI=1S/C84H60N4/c1-83(2)73-48-55(56-35-44-72-71-24-12-15-27-79(71)87(82(72)49-56)57-18-6-5-7-19-57)34-43-63(73)64-45-40-60(50-74(64)83)85(58-36-30-53(31-37-58)54-32-38-59(39-33-54)86-77-25-13-8-20-67(77)68-21-9-14-26-78(68)86)61-41-46-65-66-47-42-62(52-76(66)84(3,4)75(65)51-61)88-80-28-16-10-22-69(80)70-23-11-17-29-81(70)88/h5-52H,1-4H3. The van der Waals surface area contributed by atoms with Gasteiger partial charge in [-0.05, 0) is 182 Å². The van der Waals surface area contributed by atoms with E-state index in [-0.39, 0.29) is 10.8 Å². The van der Waals surface area contributed by atoms with Crippen LogP contribution in [0.1, 0.15) is 49.9 Å². The van der Waals surface area contributed by atoms with Crippen LogP contribution < -0.4 is 4.90 Å². The van der Waals surface area contributed by atoms with E-state index in [1.807, 2.05) is 0 Å². The maximum Gasteiger partial charge on any atom is 0.0547 e. The number of fused-ring (bicyclic) bond motifs is 15. The molecule has 0 saturated carbocycles. The van der Waals surface area contributed by atoms with Gasteiger partial charge in [0.05, 0.1) is 33.1 Å². The number of rotatable bonds is 8. The van der Waals surface area contributed by atoms with E-state index in [2.05, 4.69) is 337 Å². The summed E-state index contributed by atoms with van der Waals surface area (Å²) in [6.07, 6.45) is 0. The molecule has 0 fully saturated rings. The van der Waals surface area contributed by atoms with Crippen LogP contribution >= 0.6 is 0 Å². The van der Waals surface area contributed by atoms with Crippen LogP contribution in [0.15, 0.2) is 291 Å². The third-order valence-electron chi connectivity index (χ3n) is 19.8. The van der Waals surface area contributed by atoms with E-state index in [1.165, 1.54) is 138 Å². The second-order valence-corrected chi connectivity index (χ2v) is 25.3. The smallest absolute Gasteiger partial charge is 0.0547 e. The summed E-state index contributed by atoms with van der Waals surface area (Å²) in [6, 6.07) is 109. The quantitative estimate of drug-likeness (QED) is 0.148. The van der Waals surface area contributed by atoms with Gasteiger partial charge in [0.25, 0.3) is 0 Å². The minimum absolute atomic E-state index is 0.279. The molecule has 0 atom stereocenters. The predicted molar refractivity (Wildman–Crippen MR) is 370 cm³/mol. The van der Waals surface area contributed by atoms with Gasteiger partial charge in [0.1, 0.15) is 0 Å². The molecule has 0 bridgehead atoms. The molecule has 18 rings (SSSR count). The third kappa shape index (κ3) is 7.33. The predicted octanol–water partition coefficient (Wildman–Crippen LogP) is 22.4. The SMILES string of the molecule is CC1(C)c2cc(-c3ccc4c5ccccc5n(-c5ccccc5)c4c3)ccc2-c2ccc(N(c3ccc(-c4ccc(-n5c6ccccc6c6ccccc65)cc4)cc3)c3ccc4c(c3)C(C)(C)c3cc(-n5c6ccccc6c6ccccc65)ccc3-4)cc21. The second-order valence-electron chi connectivity index (χ2n) is 25.3. The van der Waals surface area contributed by atoms with Gasteiger partial charge in [-0.2, -0.15) is 0 Å². The molecule has 88 heavy (non-hydrogen) atoms. The fraction of sp³-hybridized carbons (Fsp3) is 0.0714. The molecule has 0 spiro atoms. The molecule has 16 aromatic rings. The van der Waals surface area contributed by atoms with E-state index in [0.29, 0.717) is 0 Å². The summed E-state index contributed by atoms with van der Waals surface area (Å²) in [7, 11) is 0. The van der Waals surface area contributed by atoms with Crippen LogP contribution in [0.3, 0.4) is 0 Å². The summed E-state index contributed by atoms with van der Waals surface area (Å²) in [4.78, 5) is 2.49. The lowest BCUT2D eigenvalue weighted by Gasteiger charge is -2.30. The zero-order valence-electron chi connectivity index (χ0n) is 49.5. The van der Waals surface area contributed by atoms with Crippen molar-refractivity contribution in [2.75, 3.05) is 4.90 Å². The van der Waals surface area contributed by atoms with Crippen LogP contribution in [-0.2, 0) is 10.8 Å². The van der Waals surface area contributed by atoms with E-state index < -0.39 is 0 Å². The van der Waals surface area contributed by atoms with Crippen molar-refractivity contribution in [1.82, 2.24) is 13.7 Å². The van der Waals surface area contributed by atoms with Crippen LogP contribution in [0.2, 0.25) is 0 Å². The van der Waals surface area contributed by atoms with E-state index in [4.69, 9.17) is 0 Å². The Morgan fingerprint density at radius 2 is 0.545 bits per heavy atom. The molecular formula is C84H60N4. The van der Waals surface area contributed by atoms with Crippen molar-refractivity contribution in [3.8, 4) is 61.6 Å². The number of para-hydroxylation sites is 6. The second kappa shape index (κ2) is 18.8. The van der Waals surface area contributed by atoms with E-state index >= 15 is 0 Å². The number of anilines is 3. The van der Waals surface area contributed by atoms with E-state index in [0.717, 1.165) is 28.4 Å². The lowest BCUT2D eigenvalue weighted by Crippen LogP contribution is -2.18. The highest BCUT2D eigenvalue weighted by Gasteiger charge is 2.39. The molecular weight excluding hydrogens is 1060 g/mol. The molecule has 0 unspecified atom stereocenters. The Morgan fingerprint density at radius 3 is 1.05 bits per heavy atom. The van der Waals surface area contributed by atoms with Crippen LogP contribution in [0.5, 0.6) is 0 Å². The lowest BCUT2D eigenvalue weighted by molar-refractivity contribution is 0.659. The first-order chi connectivity index (χ1) is 43.2. The maximum absolute atomic E-state index is 2.49. The Kier molecular flexibility index (Phi) is 10.8. The van der Waals surface area contributed by atoms with Crippen molar-refractivity contribution in [1.29, 1.82) is 0 Å². The summed E-state index contributed by atoms with van der Waals surface area (Å²) >= 11 is 0. The van der Waals surface area contributed by atoms with Crippen LogP contribution in [0.25, 0.3) is 127 Å². The first-order valence-electron chi connectivity index (χ1n) is 30.8. The highest BCUT2D eigenvalue weighted by Crippen LogP contribution is 2.55. The minimum Gasteiger partial charge on any atom is -0.310 e. The van der Waals surface area contributed by atoms with Crippen LogP contribution in [0, 0.1) is 0 Å². The summed E-state index contributed by atoms with van der Waals surface area (Å²) < 4.78 is 7.25. The van der Waals surface area contributed by atoms with Crippen molar-refractivity contribution >= 4 is 82.5 Å². The van der Waals surface area contributed by atoms with Gasteiger partial charge in [-0.15, -0.1) is 0 Å². The Hall–Kier alpha value is -10.9. The number of hydrogen-bond acceptors (Lipinski definition) is 1. The molecule has 0 saturated heterocycles. The van der Waals surface area contributed by atoms with Crippen molar-refractivity contribution in [2.24, 2.45) is 0 Å². The Labute approximate surface area is 511 Å². The maximum atomic E-state index is 2.49. The number of aromatic nitrogens is 3. The van der Waals surface area contributed by atoms with Gasteiger partial charge in [0, 0.05) is 77.3 Å². The summed E-state index contributed by atoms with van der Waals surface area (Å²) in [5.74, 6) is 0. The molecule has 416 valence electrons. The fourth-order valence-corrected chi connectivity index (χ4v) is 15.5. The van der Waals surface area contributed by atoms with Gasteiger partial charge in [-0.1, -0.05) is 204 Å². The Morgan fingerprint density at radius 1 is 0.227 bits per heavy atom. The summed E-state index contributed by atoms with van der Waals surface area (Å²) in [5, 5.41) is 7.60. The van der Waals surface area contributed by atoms with Gasteiger partial charge < -0.3 is 18.6 Å². The first-order valence-corrected chi connectivity index (χ1v) is 30.8. The average Bonchev–Trinajstić information content (AvgIpc) is 1.64. The topological polar surface area (TPSA) is 18.0 Å². The van der Waals surface area contributed by atoms with Crippen molar-refractivity contribution < 1.29 is 0 Å². The normalized spacial score (nSPS) is 13.6. The van der Waals surface area contributed by atoms with E-state index in [1.54, 1.807) is 0 Å². The average molecular weight is 1130 g/mol. The molecule has 2 aliphatic rings. The zero-order chi connectivity index (χ0) is 58.6. The van der Waals surface area contributed by atoms with Crippen molar-refractivity contribution in [2.45, 2.75) is 38.5 Å². The highest BCUT2D eigenvalue weighted by molar-refractivity contribution is 6.12.